The molecule has 108 valence electrons. The molecule has 2 N–H and O–H groups in total. The first-order valence-electron chi connectivity index (χ1n) is 6.52. The van der Waals surface area contributed by atoms with Crippen LogP contribution in [0.15, 0.2) is 34.9 Å². The van der Waals surface area contributed by atoms with Crippen molar-refractivity contribution in [1.29, 1.82) is 0 Å². The van der Waals surface area contributed by atoms with Crippen LogP contribution in [0.3, 0.4) is 0 Å². The first kappa shape index (κ1) is 13.8. The third kappa shape index (κ3) is 2.82. The number of nitrogens with zero attached hydrogens (tertiary/aromatic N) is 4. The number of nitrogens with one attached hydrogen (secondary N) is 2. The van der Waals surface area contributed by atoms with Gasteiger partial charge in [0.25, 0.3) is 0 Å². The summed E-state index contributed by atoms with van der Waals surface area (Å²) < 4.78 is 1.07. The van der Waals surface area contributed by atoms with Crippen molar-refractivity contribution in [3.8, 4) is 0 Å². The van der Waals surface area contributed by atoms with Crippen molar-refractivity contribution in [3.63, 3.8) is 0 Å². The zero-order chi connectivity index (χ0) is 14.8. The number of aromatic amines is 1. The molecule has 0 amide bonds. The van der Waals surface area contributed by atoms with Gasteiger partial charge in [0, 0.05) is 25.1 Å². The maximum absolute atomic E-state index is 4.54. The van der Waals surface area contributed by atoms with E-state index >= 15 is 0 Å². The zero-order valence-corrected chi connectivity index (χ0v) is 13.3. The molecular formula is C14H15BrN6. The first-order valence-corrected chi connectivity index (χ1v) is 7.31. The fourth-order valence-corrected chi connectivity index (χ4v) is 2.43. The second-order valence-corrected chi connectivity index (χ2v) is 5.65. The number of fused-ring (bicyclic) bond motifs is 1. The number of anilines is 2. The lowest BCUT2D eigenvalue weighted by atomic mass is 10.2. The third-order valence-electron chi connectivity index (χ3n) is 3.21. The first-order chi connectivity index (χ1) is 10.2. The Morgan fingerprint density at radius 2 is 2.00 bits per heavy atom. The molecule has 6 nitrogen and oxygen atoms in total. The Bertz CT molecular complexity index is 752. The highest BCUT2D eigenvalue weighted by Crippen LogP contribution is 2.24. The zero-order valence-electron chi connectivity index (χ0n) is 11.8. The van der Waals surface area contributed by atoms with E-state index < -0.39 is 0 Å². The van der Waals surface area contributed by atoms with Crippen LogP contribution < -0.4 is 10.2 Å². The van der Waals surface area contributed by atoms with Gasteiger partial charge in [0.05, 0.1) is 11.6 Å². The number of benzene rings is 1. The smallest absolute Gasteiger partial charge is 0.226 e. The highest BCUT2D eigenvalue weighted by atomic mass is 79.9. The quantitative estimate of drug-likeness (QED) is 0.760. The standard InChI is InChI=1S/C14H15BrN6/c1-16-14-18-12-11(7-17-20-12)13(19-14)21(2)8-9-3-5-10(15)6-4-9/h3-7H,8H2,1-2H3,(H2,16,17,18,19,20). The number of hydrogen-bond donors (Lipinski definition) is 2. The molecule has 0 atom stereocenters. The molecule has 2 aromatic heterocycles. The number of halogens is 1. The minimum Gasteiger partial charge on any atom is -0.357 e. The Balaban J connectivity index is 1.94. The van der Waals surface area contributed by atoms with Crippen molar-refractivity contribution in [2.75, 3.05) is 24.3 Å². The topological polar surface area (TPSA) is 69.7 Å². The monoisotopic (exact) mass is 346 g/mol. The summed E-state index contributed by atoms with van der Waals surface area (Å²) in [5.41, 5.74) is 1.94. The molecule has 0 aliphatic carbocycles. The molecule has 0 unspecified atom stereocenters. The summed E-state index contributed by atoms with van der Waals surface area (Å²) in [6, 6.07) is 8.26. The number of rotatable bonds is 4. The molecule has 0 aliphatic heterocycles. The number of H-pyrrole nitrogens is 1. The van der Waals surface area contributed by atoms with Crippen LogP contribution in [0.4, 0.5) is 11.8 Å². The van der Waals surface area contributed by atoms with Crippen LogP contribution in [0.5, 0.6) is 0 Å². The van der Waals surface area contributed by atoms with Crippen LogP contribution in [0.2, 0.25) is 0 Å². The van der Waals surface area contributed by atoms with E-state index in [-0.39, 0.29) is 0 Å². The van der Waals surface area contributed by atoms with Gasteiger partial charge in [-0.15, -0.1) is 0 Å². The lowest BCUT2D eigenvalue weighted by Gasteiger charge is -2.19. The summed E-state index contributed by atoms with van der Waals surface area (Å²) in [6.07, 6.45) is 1.75. The molecule has 7 heteroatoms. The van der Waals surface area contributed by atoms with Crippen LogP contribution in [0.1, 0.15) is 5.56 Å². The molecule has 0 spiro atoms. The summed E-state index contributed by atoms with van der Waals surface area (Å²) >= 11 is 3.45. The molecule has 21 heavy (non-hydrogen) atoms. The van der Waals surface area contributed by atoms with Crippen molar-refractivity contribution in [2.24, 2.45) is 0 Å². The van der Waals surface area contributed by atoms with Crippen LogP contribution in [0.25, 0.3) is 11.0 Å². The maximum atomic E-state index is 4.54. The molecule has 3 aromatic rings. The summed E-state index contributed by atoms with van der Waals surface area (Å²) in [7, 11) is 3.81. The van der Waals surface area contributed by atoms with E-state index in [0.29, 0.717) is 5.95 Å². The Morgan fingerprint density at radius 1 is 1.24 bits per heavy atom. The van der Waals surface area contributed by atoms with E-state index in [1.54, 1.807) is 13.2 Å². The number of hydrogen-bond acceptors (Lipinski definition) is 5. The van der Waals surface area contributed by atoms with Gasteiger partial charge in [0.1, 0.15) is 5.82 Å². The maximum Gasteiger partial charge on any atom is 0.226 e. The van der Waals surface area contributed by atoms with E-state index in [9.17, 15) is 0 Å². The summed E-state index contributed by atoms with van der Waals surface area (Å²) in [4.78, 5) is 11.0. The summed E-state index contributed by atoms with van der Waals surface area (Å²) in [5.74, 6) is 1.42. The van der Waals surface area contributed by atoms with Gasteiger partial charge in [0.2, 0.25) is 5.95 Å². The predicted molar refractivity (Wildman–Crippen MR) is 87.5 cm³/mol. The van der Waals surface area contributed by atoms with Crippen molar-refractivity contribution < 1.29 is 0 Å². The van der Waals surface area contributed by atoms with Crippen molar-refractivity contribution in [3.05, 3.63) is 40.5 Å². The van der Waals surface area contributed by atoms with Gasteiger partial charge in [-0.05, 0) is 17.7 Å². The lowest BCUT2D eigenvalue weighted by molar-refractivity contribution is 0.901. The lowest BCUT2D eigenvalue weighted by Crippen LogP contribution is -2.18. The molecule has 3 rings (SSSR count). The van der Waals surface area contributed by atoms with E-state index in [1.165, 1.54) is 5.56 Å². The highest BCUT2D eigenvalue weighted by molar-refractivity contribution is 9.10. The second-order valence-electron chi connectivity index (χ2n) is 4.74. The van der Waals surface area contributed by atoms with Gasteiger partial charge in [-0.1, -0.05) is 28.1 Å². The van der Waals surface area contributed by atoms with Crippen molar-refractivity contribution in [2.45, 2.75) is 6.54 Å². The fraction of sp³-hybridized carbons (Fsp3) is 0.214. The van der Waals surface area contributed by atoms with Crippen LogP contribution in [-0.2, 0) is 6.54 Å². The Labute approximate surface area is 130 Å². The van der Waals surface area contributed by atoms with E-state index in [1.807, 2.05) is 19.2 Å². The minimum absolute atomic E-state index is 0.574. The molecule has 0 saturated heterocycles. The van der Waals surface area contributed by atoms with Gasteiger partial charge < -0.3 is 10.2 Å². The largest absolute Gasteiger partial charge is 0.357 e. The van der Waals surface area contributed by atoms with Crippen LogP contribution in [-0.4, -0.2) is 34.3 Å². The van der Waals surface area contributed by atoms with Crippen LogP contribution >= 0.6 is 15.9 Å². The van der Waals surface area contributed by atoms with E-state index in [4.69, 9.17) is 0 Å². The molecule has 0 saturated carbocycles. The van der Waals surface area contributed by atoms with Crippen LogP contribution in [0, 0.1) is 0 Å². The molecular weight excluding hydrogens is 332 g/mol. The predicted octanol–water partition coefficient (Wildman–Crippen LogP) is 2.79. The second kappa shape index (κ2) is 5.69. The molecule has 0 aliphatic rings. The fourth-order valence-electron chi connectivity index (χ4n) is 2.16. The molecule has 0 fully saturated rings. The average Bonchev–Trinajstić information content (AvgIpc) is 2.96. The highest BCUT2D eigenvalue weighted by Gasteiger charge is 2.13. The normalized spacial score (nSPS) is 10.8. The van der Waals surface area contributed by atoms with E-state index in [2.05, 4.69) is 58.4 Å². The number of aromatic nitrogens is 4. The molecule has 2 heterocycles. The Morgan fingerprint density at radius 3 is 2.71 bits per heavy atom. The molecule has 0 radical (unpaired) electrons. The SMILES string of the molecule is CNc1nc(N(C)Cc2ccc(Br)cc2)c2cn[nH]c2n1. The van der Waals surface area contributed by atoms with Gasteiger partial charge >= 0.3 is 0 Å². The van der Waals surface area contributed by atoms with Gasteiger partial charge in [-0.25, -0.2) is 0 Å². The molecule has 1 aromatic carbocycles. The molecule has 0 bridgehead atoms. The van der Waals surface area contributed by atoms with Crippen molar-refractivity contribution in [1.82, 2.24) is 20.2 Å². The Kier molecular flexibility index (Phi) is 3.74. The average molecular weight is 347 g/mol. The van der Waals surface area contributed by atoms with E-state index in [0.717, 1.165) is 27.9 Å². The summed E-state index contributed by atoms with van der Waals surface area (Å²) in [6.45, 7) is 0.758. The third-order valence-corrected chi connectivity index (χ3v) is 3.74. The Hall–Kier alpha value is -2.15. The van der Waals surface area contributed by atoms with Gasteiger partial charge in [-0.3, -0.25) is 5.10 Å². The van der Waals surface area contributed by atoms with Crippen molar-refractivity contribution >= 4 is 38.7 Å². The summed E-state index contributed by atoms with van der Waals surface area (Å²) in [5, 5.41) is 10.8. The van der Waals surface area contributed by atoms with Gasteiger partial charge in [0.15, 0.2) is 5.65 Å². The minimum atomic E-state index is 0.574. The van der Waals surface area contributed by atoms with Gasteiger partial charge in [-0.2, -0.15) is 15.1 Å².